The van der Waals surface area contributed by atoms with E-state index >= 15 is 0 Å². The summed E-state index contributed by atoms with van der Waals surface area (Å²) in [4.78, 5) is 31.2. The van der Waals surface area contributed by atoms with Gasteiger partial charge in [0.25, 0.3) is 5.56 Å². The summed E-state index contributed by atoms with van der Waals surface area (Å²) in [5.74, 6) is 0. The average Bonchev–Trinajstić information content (AvgIpc) is 2.99. The van der Waals surface area contributed by atoms with Crippen molar-refractivity contribution < 1.29 is 17.4 Å². The summed E-state index contributed by atoms with van der Waals surface area (Å²) in [7, 11) is 0. The molecule has 7 nitrogen and oxygen atoms in total. The minimum atomic E-state index is -3.17. The van der Waals surface area contributed by atoms with Crippen molar-refractivity contribution in [2.45, 2.75) is 45.1 Å². The maximum absolute atomic E-state index is 12.5. The van der Waals surface area contributed by atoms with Gasteiger partial charge >= 0.3 is 5.69 Å². The molecule has 0 aliphatic rings. The number of hydrogen-bond acceptors (Lipinski definition) is 4. The van der Waals surface area contributed by atoms with Gasteiger partial charge in [-0.05, 0) is 33.0 Å². The quantitative estimate of drug-likeness (QED) is 0.777. The highest BCUT2D eigenvalue weighted by Gasteiger charge is 2.14. The van der Waals surface area contributed by atoms with Crippen LogP contribution >= 0.6 is 0 Å². The van der Waals surface area contributed by atoms with E-state index in [4.69, 9.17) is 12.3 Å². The minimum absolute atomic E-state index is 0.0513. The molecule has 0 amide bonds. The first kappa shape index (κ1) is 6.71. The van der Waals surface area contributed by atoms with Gasteiger partial charge in [0, 0.05) is 25.9 Å². The summed E-state index contributed by atoms with van der Waals surface area (Å²) in [5, 5.41) is 10.2. The molecule has 0 spiro atoms. The lowest BCUT2D eigenvalue weighted by molar-refractivity contribution is 0.0678. The Kier molecular flexibility index (Phi) is 1.76. The third kappa shape index (κ3) is 2.82. The van der Waals surface area contributed by atoms with Crippen molar-refractivity contribution in [3.8, 4) is 0 Å². The van der Waals surface area contributed by atoms with Crippen LogP contribution in [0.2, 0.25) is 0 Å². The van der Waals surface area contributed by atoms with Gasteiger partial charge < -0.3 is 10.1 Å². The number of unbranched alkanes of at least 4 members (excludes halogenated alkanes) is 1. The Morgan fingerprint density at radius 2 is 2.25 bits per heavy atom. The minimum Gasteiger partial charge on any atom is -0.390 e. The fourth-order valence-electron chi connectivity index (χ4n) is 1.90. The number of aliphatic hydroxyl groups is 1. The zero-order valence-electron chi connectivity index (χ0n) is 19.5. The van der Waals surface area contributed by atoms with Crippen molar-refractivity contribution in [3.63, 3.8) is 0 Å². The second kappa shape index (κ2) is 5.24. The molecule has 110 valence electrons. The molecule has 0 aromatic carbocycles. The van der Waals surface area contributed by atoms with Crippen molar-refractivity contribution in [3.05, 3.63) is 27.2 Å². The van der Waals surface area contributed by atoms with Gasteiger partial charge in [-0.3, -0.25) is 13.9 Å². The number of fused-ring (bicyclic) bond motifs is 1. The van der Waals surface area contributed by atoms with Crippen LogP contribution in [0, 0.1) is 0 Å². The van der Waals surface area contributed by atoms with E-state index < -0.39 is 44.0 Å². The summed E-state index contributed by atoms with van der Waals surface area (Å²) < 4.78 is 67.5. The molecule has 0 saturated carbocycles. The summed E-state index contributed by atoms with van der Waals surface area (Å²) in [6, 6.07) is 0. The lowest BCUT2D eigenvalue weighted by Crippen LogP contribution is -2.39. The number of aromatic nitrogens is 4. The molecule has 20 heavy (non-hydrogen) atoms. The molecule has 0 aliphatic heterocycles. The molecule has 7 heteroatoms. The number of aryl methyl sites for hydroxylation is 1. The number of nitrogens with one attached hydrogen (secondary N) is 1. The second-order valence-electron chi connectivity index (χ2n) is 4.49. The molecule has 0 saturated heterocycles. The predicted molar refractivity (Wildman–Crippen MR) is 75.7 cm³/mol. The van der Waals surface area contributed by atoms with Crippen LogP contribution in [-0.4, -0.2) is 29.8 Å². The van der Waals surface area contributed by atoms with Gasteiger partial charge in [0.05, 0.1) is 11.9 Å². The van der Waals surface area contributed by atoms with Gasteiger partial charge in [0.1, 0.15) is 5.52 Å². The predicted octanol–water partition coefficient (Wildman–Crippen LogP) is 0.364. The number of imidazole rings is 1. The van der Waals surface area contributed by atoms with E-state index in [9.17, 15) is 14.7 Å². The molecule has 0 unspecified atom stereocenters. The Hall–Kier alpha value is -1.89. The van der Waals surface area contributed by atoms with Crippen molar-refractivity contribution in [2.75, 3.05) is 0 Å². The van der Waals surface area contributed by atoms with Crippen molar-refractivity contribution in [2.24, 2.45) is 6.98 Å². The summed E-state index contributed by atoms with van der Waals surface area (Å²) >= 11 is 0. The maximum Gasteiger partial charge on any atom is 0.332 e. The fraction of sp³-hybridized carbons (Fsp3) is 0.615. The largest absolute Gasteiger partial charge is 0.390 e. The molecule has 0 aliphatic carbocycles. The maximum atomic E-state index is 12.5. The molecule has 2 N–H and O–H groups in total. The smallest absolute Gasteiger partial charge is 0.332 e. The monoisotopic (exact) mass is 289 g/mol. The number of nitrogens with zero attached hydrogens (tertiary/aromatic N) is 3. The Morgan fingerprint density at radius 3 is 2.95 bits per heavy atom. The topological polar surface area (TPSA) is 92.9 Å². The van der Waals surface area contributed by atoms with Crippen molar-refractivity contribution in [1.82, 2.24) is 19.1 Å². The Balaban J connectivity index is 2.31. The average molecular weight is 289 g/mol. The molecule has 2 rings (SSSR count). The van der Waals surface area contributed by atoms with Crippen LogP contribution in [-0.2, 0) is 13.5 Å². The molecular weight excluding hydrogens is 260 g/mol. The van der Waals surface area contributed by atoms with Crippen LogP contribution in [0.1, 0.15) is 45.3 Å². The summed E-state index contributed by atoms with van der Waals surface area (Å²) in [6.07, 6.45) is 0.248. The third-order valence-corrected chi connectivity index (χ3v) is 2.88. The van der Waals surface area contributed by atoms with E-state index in [0.717, 1.165) is 6.33 Å². The number of hydrogen-bond donors (Lipinski definition) is 2. The lowest BCUT2D eigenvalue weighted by atomic mass is 10.0. The van der Waals surface area contributed by atoms with E-state index in [2.05, 4.69) is 9.97 Å². The van der Waals surface area contributed by atoms with E-state index in [1.165, 1.54) is 0 Å². The van der Waals surface area contributed by atoms with Crippen molar-refractivity contribution >= 4 is 11.2 Å². The van der Waals surface area contributed by atoms with Crippen LogP contribution in [0.25, 0.3) is 11.2 Å². The number of H-pyrrole nitrogens is 1. The highest BCUT2D eigenvalue weighted by molar-refractivity contribution is 5.68. The highest BCUT2D eigenvalue weighted by atomic mass is 16.3. The standard InChI is InChI=1S/C13H20N4O3/c1-13(2,20)6-4-5-7-17-11(18)9-10(15-8-14-9)16(3)12(17)19/h8,20H,4-7H2,1-3H3,(H,14,15)/i1D3,2D3,3D3. The molecule has 2 aromatic heterocycles. The van der Waals surface area contributed by atoms with E-state index in [1.54, 1.807) is 0 Å². The Morgan fingerprint density at radius 1 is 1.45 bits per heavy atom. The van der Waals surface area contributed by atoms with Crippen LogP contribution in [0.3, 0.4) is 0 Å². The van der Waals surface area contributed by atoms with Crippen LogP contribution < -0.4 is 11.2 Å². The molecule has 2 heterocycles. The second-order valence-corrected chi connectivity index (χ2v) is 4.49. The highest BCUT2D eigenvalue weighted by Crippen LogP contribution is 2.12. The first-order valence-corrected chi connectivity index (χ1v) is 5.94. The van der Waals surface area contributed by atoms with Gasteiger partial charge in [-0.15, -0.1) is 0 Å². The molecule has 0 fully saturated rings. The zero-order chi connectivity index (χ0) is 22.4. The fourth-order valence-corrected chi connectivity index (χ4v) is 1.90. The summed E-state index contributed by atoms with van der Waals surface area (Å²) in [5.41, 5.74) is -5.41. The number of aromatic amines is 1. The zero-order valence-corrected chi connectivity index (χ0v) is 10.5. The molecule has 2 aromatic rings. The molecular formula is C13H20N4O3. The Labute approximate surface area is 128 Å². The van der Waals surface area contributed by atoms with Crippen molar-refractivity contribution in [1.29, 1.82) is 0 Å². The van der Waals surface area contributed by atoms with Gasteiger partial charge in [-0.25, -0.2) is 9.78 Å². The summed E-state index contributed by atoms with van der Waals surface area (Å²) in [6.45, 7) is -9.54. The van der Waals surface area contributed by atoms with Gasteiger partial charge in [-0.2, -0.15) is 0 Å². The normalized spacial score (nSPS) is 20.8. The van der Waals surface area contributed by atoms with Gasteiger partial charge in [-0.1, -0.05) is 0 Å². The molecule has 0 bridgehead atoms. The van der Waals surface area contributed by atoms with Crippen LogP contribution in [0.15, 0.2) is 15.9 Å². The van der Waals surface area contributed by atoms with E-state index in [0.29, 0.717) is 9.13 Å². The number of rotatable bonds is 5. The van der Waals surface area contributed by atoms with Gasteiger partial charge in [0.15, 0.2) is 5.65 Å². The Bertz CT molecular complexity index is 983. The SMILES string of the molecule is [2H]C([2H])([2H])n1c(=O)n(CCCCC(O)(C([2H])([2H])[2H])C([2H])([2H])[2H])c(=O)c2[nH]cnc21. The third-order valence-electron chi connectivity index (χ3n) is 2.88. The van der Waals surface area contributed by atoms with Gasteiger partial charge in [0.2, 0.25) is 0 Å². The van der Waals surface area contributed by atoms with Crippen LogP contribution in [0.5, 0.6) is 0 Å². The molecule has 0 radical (unpaired) electrons. The van der Waals surface area contributed by atoms with E-state index in [-0.39, 0.29) is 30.6 Å². The first-order valence-electron chi connectivity index (χ1n) is 10.4. The lowest BCUT2D eigenvalue weighted by Gasteiger charge is -2.16. The molecule has 0 atom stereocenters. The first-order chi connectivity index (χ1) is 13.0. The van der Waals surface area contributed by atoms with E-state index in [1.807, 2.05) is 0 Å². The van der Waals surface area contributed by atoms with Crippen LogP contribution in [0.4, 0.5) is 0 Å².